The second kappa shape index (κ2) is 8.84. The van der Waals surface area contributed by atoms with Gasteiger partial charge in [-0.3, -0.25) is 4.79 Å². The van der Waals surface area contributed by atoms with E-state index in [9.17, 15) is 9.18 Å². The molecule has 0 radical (unpaired) electrons. The van der Waals surface area contributed by atoms with Crippen molar-refractivity contribution in [1.82, 2.24) is 5.32 Å². The molecule has 2 aromatic carbocycles. The molecule has 1 saturated carbocycles. The fourth-order valence-corrected chi connectivity index (χ4v) is 3.26. The molecule has 0 saturated heterocycles. The summed E-state index contributed by atoms with van der Waals surface area (Å²) in [5.74, 6) is 1.81. The van der Waals surface area contributed by atoms with Gasteiger partial charge in [0.2, 0.25) is 5.91 Å². The summed E-state index contributed by atoms with van der Waals surface area (Å²) in [4.78, 5) is 11.6. The average Bonchev–Trinajstić information content (AvgIpc) is 3.40. The Morgan fingerprint density at radius 3 is 2.88 bits per heavy atom. The summed E-state index contributed by atoms with van der Waals surface area (Å²) in [6.45, 7) is 3.29. The van der Waals surface area contributed by atoms with Crippen LogP contribution < -0.4 is 10.1 Å². The summed E-state index contributed by atoms with van der Waals surface area (Å²) in [5.41, 5.74) is 2.20. The van der Waals surface area contributed by atoms with Crippen molar-refractivity contribution in [2.45, 2.75) is 38.5 Å². The van der Waals surface area contributed by atoms with E-state index in [1.54, 1.807) is 12.1 Å². The lowest BCUT2D eigenvalue weighted by Gasteiger charge is -2.09. The van der Waals surface area contributed by atoms with E-state index in [1.807, 2.05) is 25.1 Å². The largest absolute Gasteiger partial charge is 0.493 e. The predicted molar refractivity (Wildman–Crippen MR) is 101 cm³/mol. The lowest BCUT2D eigenvalue weighted by atomic mass is 10.1. The molecule has 1 aliphatic carbocycles. The Bertz CT molecular complexity index is 746. The van der Waals surface area contributed by atoms with Gasteiger partial charge in [-0.2, -0.15) is 0 Å². The molecule has 3 rings (SSSR count). The number of hydrogen-bond acceptors (Lipinski definition) is 2. The third kappa shape index (κ3) is 5.32. The maximum absolute atomic E-state index is 13.2. The van der Waals surface area contributed by atoms with Gasteiger partial charge in [-0.25, -0.2) is 4.39 Å². The van der Waals surface area contributed by atoms with Gasteiger partial charge in [0.05, 0.1) is 6.61 Å². The summed E-state index contributed by atoms with van der Waals surface area (Å²) < 4.78 is 19.0. The minimum absolute atomic E-state index is 0.146. The van der Waals surface area contributed by atoms with Crippen molar-refractivity contribution in [2.75, 3.05) is 13.2 Å². The maximum Gasteiger partial charge on any atom is 0.219 e. The Kier molecular flexibility index (Phi) is 6.26. The van der Waals surface area contributed by atoms with Crippen LogP contribution in [0.4, 0.5) is 4.39 Å². The molecule has 2 aromatic rings. The van der Waals surface area contributed by atoms with Crippen molar-refractivity contribution in [3.05, 3.63) is 65.5 Å². The van der Waals surface area contributed by atoms with Gasteiger partial charge < -0.3 is 10.1 Å². The zero-order valence-electron chi connectivity index (χ0n) is 15.2. The second-order valence-electron chi connectivity index (χ2n) is 6.96. The fraction of sp³-hybridized carbons (Fsp3) is 0.409. The molecule has 4 heteroatoms. The monoisotopic (exact) mass is 355 g/mol. The average molecular weight is 355 g/mol. The van der Waals surface area contributed by atoms with E-state index < -0.39 is 0 Å². The Hall–Kier alpha value is -2.36. The highest BCUT2D eigenvalue weighted by Crippen LogP contribution is 2.47. The van der Waals surface area contributed by atoms with Crippen molar-refractivity contribution < 1.29 is 13.9 Å². The van der Waals surface area contributed by atoms with Crippen LogP contribution in [0.5, 0.6) is 5.75 Å². The molecule has 138 valence electrons. The van der Waals surface area contributed by atoms with Crippen LogP contribution in [0.1, 0.15) is 43.2 Å². The van der Waals surface area contributed by atoms with Crippen molar-refractivity contribution >= 4 is 5.91 Å². The fourth-order valence-electron chi connectivity index (χ4n) is 3.26. The number of carbonyl (C=O) groups is 1. The normalized spacial score (nSPS) is 18.4. The molecule has 1 N–H and O–H groups in total. The molecule has 0 heterocycles. The number of hydrogen-bond donors (Lipinski definition) is 1. The molecule has 3 nitrogen and oxygen atoms in total. The van der Waals surface area contributed by atoms with E-state index in [-0.39, 0.29) is 11.7 Å². The van der Waals surface area contributed by atoms with Gasteiger partial charge in [0, 0.05) is 19.4 Å². The highest BCUT2D eigenvalue weighted by Gasteiger charge is 2.38. The van der Waals surface area contributed by atoms with E-state index in [0.717, 1.165) is 30.7 Å². The second-order valence-corrected chi connectivity index (χ2v) is 6.96. The number of carbonyl (C=O) groups excluding carboxylic acids is 1. The standard InChI is InChI=1S/C22H26FNO2/c1-2-5-22(25)24-15-18-14-21(18)17-7-4-9-20(13-17)26-11-10-16-6-3-8-19(23)12-16/h3-4,6-9,12-13,18,21H,2,5,10-11,14-15H2,1H3,(H,24,25)/t18-,21-/m0/s1. The van der Waals surface area contributed by atoms with Crippen LogP contribution in [-0.2, 0) is 11.2 Å². The quantitative estimate of drug-likeness (QED) is 0.721. The van der Waals surface area contributed by atoms with Gasteiger partial charge in [-0.05, 0) is 60.1 Å². The van der Waals surface area contributed by atoms with Gasteiger partial charge in [-0.1, -0.05) is 31.2 Å². The zero-order chi connectivity index (χ0) is 18.4. The predicted octanol–water partition coefficient (Wildman–Crippen LogP) is 4.47. The van der Waals surface area contributed by atoms with Crippen LogP contribution in [0, 0.1) is 11.7 Å². The van der Waals surface area contributed by atoms with Crippen LogP contribution in [-0.4, -0.2) is 19.1 Å². The molecule has 0 spiro atoms. The first-order valence-corrected chi connectivity index (χ1v) is 9.39. The minimum atomic E-state index is -0.213. The first-order valence-electron chi connectivity index (χ1n) is 9.39. The molecule has 0 unspecified atom stereocenters. The summed E-state index contributed by atoms with van der Waals surface area (Å²) in [5, 5.41) is 3.02. The third-order valence-electron chi connectivity index (χ3n) is 4.80. The molecule has 26 heavy (non-hydrogen) atoms. The first kappa shape index (κ1) is 18.4. The lowest BCUT2D eigenvalue weighted by Crippen LogP contribution is -2.25. The highest BCUT2D eigenvalue weighted by molar-refractivity contribution is 5.75. The van der Waals surface area contributed by atoms with Crippen LogP contribution in [0.25, 0.3) is 0 Å². The molecule has 0 aromatic heterocycles. The maximum atomic E-state index is 13.2. The smallest absolute Gasteiger partial charge is 0.219 e. The Morgan fingerprint density at radius 2 is 2.08 bits per heavy atom. The van der Waals surface area contributed by atoms with Crippen LogP contribution >= 0.6 is 0 Å². The zero-order valence-corrected chi connectivity index (χ0v) is 15.2. The van der Waals surface area contributed by atoms with Crippen LogP contribution in [0.3, 0.4) is 0 Å². The molecular weight excluding hydrogens is 329 g/mol. The minimum Gasteiger partial charge on any atom is -0.493 e. The number of nitrogens with one attached hydrogen (secondary N) is 1. The third-order valence-corrected chi connectivity index (χ3v) is 4.80. The Labute approximate surface area is 154 Å². The summed E-state index contributed by atoms with van der Waals surface area (Å²) in [6.07, 6.45) is 3.28. The van der Waals surface area contributed by atoms with Gasteiger partial charge in [0.25, 0.3) is 0 Å². The molecule has 1 fully saturated rings. The molecular formula is C22H26FNO2. The van der Waals surface area contributed by atoms with E-state index in [4.69, 9.17) is 4.74 Å². The van der Waals surface area contributed by atoms with E-state index in [2.05, 4.69) is 17.4 Å². The number of amides is 1. The Balaban J connectivity index is 1.46. The molecule has 1 amide bonds. The van der Waals surface area contributed by atoms with Gasteiger partial charge in [0.15, 0.2) is 0 Å². The van der Waals surface area contributed by atoms with Crippen LogP contribution in [0.2, 0.25) is 0 Å². The van der Waals surface area contributed by atoms with E-state index in [0.29, 0.717) is 31.3 Å². The number of halogens is 1. The van der Waals surface area contributed by atoms with Crippen LogP contribution in [0.15, 0.2) is 48.5 Å². The molecule has 0 aliphatic heterocycles. The number of benzene rings is 2. The van der Waals surface area contributed by atoms with E-state index >= 15 is 0 Å². The molecule has 1 aliphatic rings. The van der Waals surface area contributed by atoms with Gasteiger partial charge >= 0.3 is 0 Å². The first-order chi connectivity index (χ1) is 12.7. The van der Waals surface area contributed by atoms with Crippen molar-refractivity contribution in [2.24, 2.45) is 5.92 Å². The van der Waals surface area contributed by atoms with Crippen molar-refractivity contribution in [1.29, 1.82) is 0 Å². The van der Waals surface area contributed by atoms with Gasteiger partial charge in [-0.15, -0.1) is 0 Å². The van der Waals surface area contributed by atoms with Crippen molar-refractivity contribution in [3.63, 3.8) is 0 Å². The summed E-state index contributed by atoms with van der Waals surface area (Å²) in [7, 11) is 0. The topological polar surface area (TPSA) is 38.3 Å². The summed E-state index contributed by atoms with van der Waals surface area (Å²) in [6, 6.07) is 14.8. The number of rotatable bonds is 9. The number of ether oxygens (including phenoxy) is 1. The van der Waals surface area contributed by atoms with Crippen molar-refractivity contribution in [3.8, 4) is 5.75 Å². The lowest BCUT2D eigenvalue weighted by molar-refractivity contribution is -0.121. The van der Waals surface area contributed by atoms with E-state index in [1.165, 1.54) is 11.6 Å². The molecule has 2 atom stereocenters. The Morgan fingerprint density at radius 1 is 1.23 bits per heavy atom. The summed E-state index contributed by atoms with van der Waals surface area (Å²) >= 11 is 0. The SMILES string of the molecule is CCCC(=O)NC[C@@H]1C[C@H]1c1cccc(OCCc2cccc(F)c2)c1. The highest BCUT2D eigenvalue weighted by atomic mass is 19.1. The molecule has 0 bridgehead atoms. The van der Waals surface area contributed by atoms with Gasteiger partial charge in [0.1, 0.15) is 11.6 Å².